The molecule has 5 heteroatoms. The fraction of sp³-hybridized carbons (Fsp3) is 0.188. The Kier molecular flexibility index (Phi) is 5.15. The van der Waals surface area contributed by atoms with Gasteiger partial charge in [-0.15, -0.1) is 0 Å². The van der Waals surface area contributed by atoms with E-state index in [1.54, 1.807) is 30.5 Å². The predicted octanol–water partition coefficient (Wildman–Crippen LogP) is 3.78. The van der Waals surface area contributed by atoms with Crippen molar-refractivity contribution in [3.8, 4) is 0 Å². The third kappa shape index (κ3) is 4.16. The van der Waals surface area contributed by atoms with Gasteiger partial charge < -0.3 is 5.32 Å². The molecule has 1 N–H and O–H groups in total. The second kappa shape index (κ2) is 6.87. The molecular formula is C16H16ClNO2S. The smallest absolute Gasteiger partial charge is 0.255 e. The van der Waals surface area contributed by atoms with E-state index in [2.05, 4.69) is 5.32 Å². The van der Waals surface area contributed by atoms with Crippen molar-refractivity contribution in [1.29, 1.82) is 0 Å². The minimum Gasteiger partial charge on any atom is -0.322 e. The number of benzene rings is 2. The third-order valence-electron chi connectivity index (χ3n) is 3.14. The molecule has 2 aromatic rings. The molecule has 0 bridgehead atoms. The van der Waals surface area contributed by atoms with E-state index in [1.807, 2.05) is 25.1 Å². The van der Waals surface area contributed by atoms with Crippen LogP contribution in [0, 0.1) is 6.92 Å². The lowest BCUT2D eigenvalue weighted by atomic mass is 10.1. The van der Waals surface area contributed by atoms with E-state index in [0.29, 0.717) is 16.3 Å². The summed E-state index contributed by atoms with van der Waals surface area (Å²) in [5.74, 6) is 0.266. The minimum absolute atomic E-state index is 0.213. The first kappa shape index (κ1) is 15.7. The van der Waals surface area contributed by atoms with Crippen molar-refractivity contribution in [3.63, 3.8) is 0 Å². The molecule has 0 saturated carbocycles. The number of nitrogens with one attached hydrogen (secondary N) is 1. The largest absolute Gasteiger partial charge is 0.322 e. The quantitative estimate of drug-likeness (QED) is 0.931. The minimum atomic E-state index is -0.917. The summed E-state index contributed by atoms with van der Waals surface area (Å²) < 4.78 is 11.4. The predicted molar refractivity (Wildman–Crippen MR) is 88.4 cm³/mol. The highest BCUT2D eigenvalue weighted by molar-refractivity contribution is 7.83. The molecule has 1 amide bonds. The monoisotopic (exact) mass is 321 g/mol. The molecule has 0 fully saturated rings. The van der Waals surface area contributed by atoms with Crippen molar-refractivity contribution in [1.82, 2.24) is 0 Å². The van der Waals surface area contributed by atoms with Gasteiger partial charge in [0.25, 0.3) is 5.91 Å². The maximum Gasteiger partial charge on any atom is 0.255 e. The topological polar surface area (TPSA) is 46.2 Å². The zero-order valence-electron chi connectivity index (χ0n) is 11.9. The maximum atomic E-state index is 12.2. The summed E-state index contributed by atoms with van der Waals surface area (Å²) in [6.45, 7) is 1.91. The van der Waals surface area contributed by atoms with Gasteiger partial charge in [-0.3, -0.25) is 9.00 Å². The fourth-order valence-corrected chi connectivity index (χ4v) is 2.96. The highest BCUT2D eigenvalue weighted by Crippen LogP contribution is 2.21. The van der Waals surface area contributed by atoms with Crippen LogP contribution >= 0.6 is 11.6 Å². The molecule has 0 spiro atoms. The molecule has 0 aromatic heterocycles. The average molecular weight is 322 g/mol. The van der Waals surface area contributed by atoms with Gasteiger partial charge in [-0.1, -0.05) is 29.8 Å². The Morgan fingerprint density at radius 3 is 2.62 bits per heavy atom. The normalized spacial score (nSPS) is 12.0. The molecule has 0 aliphatic heterocycles. The van der Waals surface area contributed by atoms with Crippen LogP contribution in [0.1, 0.15) is 21.5 Å². The lowest BCUT2D eigenvalue weighted by molar-refractivity contribution is 0.102. The second-order valence-electron chi connectivity index (χ2n) is 4.77. The van der Waals surface area contributed by atoms with Crippen molar-refractivity contribution >= 4 is 34.0 Å². The first-order valence-corrected chi connectivity index (χ1v) is 8.53. The first-order valence-electron chi connectivity index (χ1n) is 6.43. The zero-order chi connectivity index (χ0) is 15.4. The number of amides is 1. The number of hydrogen-bond donors (Lipinski definition) is 1. The van der Waals surface area contributed by atoms with Crippen LogP contribution in [0.5, 0.6) is 0 Å². The molecular weight excluding hydrogens is 306 g/mol. The van der Waals surface area contributed by atoms with E-state index in [-0.39, 0.29) is 5.91 Å². The summed E-state index contributed by atoms with van der Waals surface area (Å²) in [5, 5.41) is 3.39. The molecule has 0 unspecified atom stereocenters. The van der Waals surface area contributed by atoms with Crippen molar-refractivity contribution in [2.45, 2.75) is 12.7 Å². The Hall–Kier alpha value is -1.65. The summed E-state index contributed by atoms with van der Waals surface area (Å²) in [7, 11) is -0.917. The third-order valence-corrected chi connectivity index (χ3v) is 4.09. The van der Waals surface area contributed by atoms with Crippen LogP contribution in [0.3, 0.4) is 0 Å². The Morgan fingerprint density at radius 1 is 1.24 bits per heavy atom. The van der Waals surface area contributed by atoms with E-state index in [0.717, 1.165) is 16.8 Å². The van der Waals surface area contributed by atoms with Gasteiger partial charge in [-0.2, -0.15) is 0 Å². The van der Waals surface area contributed by atoms with Crippen LogP contribution in [0.15, 0.2) is 42.5 Å². The van der Waals surface area contributed by atoms with E-state index >= 15 is 0 Å². The van der Waals surface area contributed by atoms with Gasteiger partial charge in [-0.25, -0.2) is 0 Å². The summed E-state index contributed by atoms with van der Waals surface area (Å²) in [6.07, 6.45) is 1.66. The van der Waals surface area contributed by atoms with Crippen LogP contribution in [0.4, 0.5) is 5.69 Å². The van der Waals surface area contributed by atoms with Crippen LogP contribution < -0.4 is 5.32 Å². The van der Waals surface area contributed by atoms with Crippen molar-refractivity contribution < 1.29 is 9.00 Å². The molecule has 1 atom stereocenters. The molecule has 21 heavy (non-hydrogen) atoms. The van der Waals surface area contributed by atoms with Crippen molar-refractivity contribution in [2.75, 3.05) is 11.6 Å². The highest BCUT2D eigenvalue weighted by Gasteiger charge is 2.10. The van der Waals surface area contributed by atoms with Gasteiger partial charge in [0.2, 0.25) is 0 Å². The van der Waals surface area contributed by atoms with Crippen LogP contribution in [-0.4, -0.2) is 16.4 Å². The lowest BCUT2D eigenvalue weighted by Crippen LogP contribution is -2.13. The molecule has 0 aliphatic rings. The Bertz CT molecular complexity index is 700. The number of anilines is 1. The number of halogens is 1. The van der Waals surface area contributed by atoms with Crippen LogP contribution in [0.2, 0.25) is 5.02 Å². The maximum absolute atomic E-state index is 12.2. The second-order valence-corrected chi connectivity index (χ2v) is 6.64. The fourth-order valence-electron chi connectivity index (χ4n) is 2.02. The van der Waals surface area contributed by atoms with Crippen LogP contribution in [-0.2, 0) is 16.6 Å². The number of rotatable bonds is 4. The molecule has 110 valence electrons. The molecule has 0 aliphatic carbocycles. The van der Waals surface area contributed by atoms with Crippen molar-refractivity contribution in [2.24, 2.45) is 0 Å². The van der Waals surface area contributed by atoms with Crippen molar-refractivity contribution in [3.05, 3.63) is 64.2 Å². The number of carbonyl (C=O) groups excluding carboxylic acids is 1. The first-order chi connectivity index (χ1) is 9.97. The Morgan fingerprint density at radius 2 is 1.95 bits per heavy atom. The summed E-state index contributed by atoms with van der Waals surface area (Å²) in [5.41, 5.74) is 3.14. The standard InChI is InChI=1S/C16H16ClNO2S/c1-11-13(10-21(2)20)6-4-8-15(11)18-16(19)12-5-3-7-14(17)9-12/h3-9H,10H2,1-2H3,(H,18,19)/t21-/m1/s1. The number of hydrogen-bond acceptors (Lipinski definition) is 2. The van der Waals surface area contributed by atoms with Gasteiger partial charge in [0, 0.05) is 39.1 Å². The number of carbonyl (C=O) groups is 1. The highest BCUT2D eigenvalue weighted by atomic mass is 35.5. The van der Waals surface area contributed by atoms with Crippen LogP contribution in [0.25, 0.3) is 0 Å². The molecule has 3 nitrogen and oxygen atoms in total. The molecule has 0 heterocycles. The summed E-state index contributed by atoms with van der Waals surface area (Å²) in [6, 6.07) is 12.4. The lowest BCUT2D eigenvalue weighted by Gasteiger charge is -2.12. The zero-order valence-corrected chi connectivity index (χ0v) is 13.4. The van der Waals surface area contributed by atoms with Gasteiger partial charge in [0.05, 0.1) is 0 Å². The molecule has 2 rings (SSSR count). The molecule has 0 saturated heterocycles. The molecule has 0 radical (unpaired) electrons. The van der Waals surface area contributed by atoms with E-state index in [1.165, 1.54) is 0 Å². The van der Waals surface area contributed by atoms with Gasteiger partial charge >= 0.3 is 0 Å². The Labute approximate surface area is 131 Å². The SMILES string of the molecule is Cc1c(C[S@@](C)=O)cccc1NC(=O)c1cccc(Cl)c1. The van der Waals surface area contributed by atoms with E-state index in [9.17, 15) is 9.00 Å². The summed E-state index contributed by atoms with van der Waals surface area (Å²) >= 11 is 5.89. The van der Waals surface area contributed by atoms with Gasteiger partial charge in [0.1, 0.15) is 0 Å². The summed E-state index contributed by atoms with van der Waals surface area (Å²) in [4.78, 5) is 12.2. The average Bonchev–Trinajstić information content (AvgIpc) is 2.42. The molecule has 2 aromatic carbocycles. The van der Waals surface area contributed by atoms with E-state index in [4.69, 9.17) is 11.6 Å². The van der Waals surface area contributed by atoms with Gasteiger partial charge in [0.15, 0.2) is 0 Å². The Balaban J connectivity index is 2.23. The van der Waals surface area contributed by atoms with Gasteiger partial charge in [-0.05, 0) is 42.3 Å². The van der Waals surface area contributed by atoms with E-state index < -0.39 is 10.8 Å².